The average molecular weight is 286 g/mol. The van der Waals surface area contributed by atoms with Gasteiger partial charge in [0.1, 0.15) is 0 Å². The zero-order valence-electron chi connectivity index (χ0n) is 11.9. The van der Waals surface area contributed by atoms with E-state index in [2.05, 4.69) is 10.6 Å². The zero-order chi connectivity index (χ0) is 15.1. The van der Waals surface area contributed by atoms with Crippen LogP contribution in [0.3, 0.4) is 0 Å². The molecule has 8 nitrogen and oxygen atoms in total. The molecule has 4 amide bonds. The van der Waals surface area contributed by atoms with Gasteiger partial charge in [-0.25, -0.2) is 9.59 Å². The highest BCUT2D eigenvalue weighted by Gasteiger charge is 2.30. The van der Waals surface area contributed by atoms with E-state index in [1.165, 1.54) is 4.90 Å². The van der Waals surface area contributed by atoms with Crippen molar-refractivity contribution in [2.75, 3.05) is 33.7 Å². The van der Waals surface area contributed by atoms with Gasteiger partial charge in [-0.2, -0.15) is 0 Å². The monoisotopic (exact) mass is 286 g/mol. The number of likely N-dealkylation sites (tertiary alicyclic amines) is 1. The van der Waals surface area contributed by atoms with Gasteiger partial charge in [0, 0.05) is 39.8 Å². The van der Waals surface area contributed by atoms with Gasteiger partial charge in [0.25, 0.3) is 0 Å². The first-order chi connectivity index (χ1) is 9.41. The normalized spacial score (nSPS) is 17.7. The van der Waals surface area contributed by atoms with Crippen molar-refractivity contribution in [2.24, 2.45) is 0 Å². The second-order valence-electron chi connectivity index (χ2n) is 4.95. The molecule has 1 aliphatic rings. The van der Waals surface area contributed by atoms with Crippen LogP contribution in [0, 0.1) is 0 Å². The van der Waals surface area contributed by atoms with Crippen molar-refractivity contribution in [1.29, 1.82) is 0 Å². The van der Waals surface area contributed by atoms with E-state index in [4.69, 9.17) is 5.11 Å². The van der Waals surface area contributed by atoms with E-state index in [1.807, 2.05) is 0 Å². The van der Waals surface area contributed by atoms with Crippen molar-refractivity contribution in [3.63, 3.8) is 0 Å². The summed E-state index contributed by atoms with van der Waals surface area (Å²) in [5.41, 5.74) is 0. The number of carbonyl (C=O) groups is 3. The summed E-state index contributed by atoms with van der Waals surface area (Å²) in [7, 11) is 3.27. The first kappa shape index (κ1) is 16.1. The average Bonchev–Trinajstić information content (AvgIpc) is 2.81. The molecule has 0 aromatic heterocycles. The molecule has 20 heavy (non-hydrogen) atoms. The predicted octanol–water partition coefficient (Wildman–Crippen LogP) is -0.0937. The van der Waals surface area contributed by atoms with Gasteiger partial charge in [0.2, 0.25) is 0 Å². The van der Waals surface area contributed by atoms with Gasteiger partial charge < -0.3 is 25.5 Å². The Hall–Kier alpha value is -1.99. The van der Waals surface area contributed by atoms with Crippen molar-refractivity contribution in [1.82, 2.24) is 20.4 Å². The van der Waals surface area contributed by atoms with Crippen LogP contribution < -0.4 is 10.6 Å². The Labute approximate surface area is 118 Å². The van der Waals surface area contributed by atoms with E-state index in [-0.39, 0.29) is 24.5 Å². The molecule has 0 saturated carbocycles. The fourth-order valence-electron chi connectivity index (χ4n) is 2.12. The van der Waals surface area contributed by atoms with E-state index in [0.717, 1.165) is 12.8 Å². The summed E-state index contributed by atoms with van der Waals surface area (Å²) in [4.78, 5) is 36.8. The Kier molecular flexibility index (Phi) is 6.08. The Morgan fingerprint density at radius 2 is 1.90 bits per heavy atom. The second-order valence-corrected chi connectivity index (χ2v) is 4.95. The van der Waals surface area contributed by atoms with Crippen LogP contribution in [0.25, 0.3) is 0 Å². The minimum absolute atomic E-state index is 0.0230. The van der Waals surface area contributed by atoms with Crippen LogP contribution in [0.1, 0.15) is 19.3 Å². The molecule has 0 spiro atoms. The molecule has 0 aromatic rings. The number of carboxylic acids is 1. The van der Waals surface area contributed by atoms with Crippen molar-refractivity contribution in [2.45, 2.75) is 25.3 Å². The van der Waals surface area contributed by atoms with E-state index in [1.54, 1.807) is 19.0 Å². The fraction of sp³-hybridized carbons (Fsp3) is 0.750. The molecule has 0 radical (unpaired) electrons. The standard InChI is InChI=1S/C12H22N4O4/c1-15(2)11(19)13-5-6-14-12(20)16-7-3-4-9(16)8-10(17)18/h9H,3-8H2,1-2H3,(H,13,19)(H,14,20)(H,17,18). The maximum absolute atomic E-state index is 11.9. The lowest BCUT2D eigenvalue weighted by Crippen LogP contribution is -2.46. The largest absolute Gasteiger partial charge is 0.481 e. The molecular formula is C12H22N4O4. The van der Waals surface area contributed by atoms with E-state index < -0.39 is 5.97 Å². The lowest BCUT2D eigenvalue weighted by molar-refractivity contribution is -0.137. The van der Waals surface area contributed by atoms with Crippen molar-refractivity contribution in [3.8, 4) is 0 Å². The molecule has 0 aliphatic carbocycles. The number of urea groups is 2. The Morgan fingerprint density at radius 1 is 1.25 bits per heavy atom. The Morgan fingerprint density at radius 3 is 2.50 bits per heavy atom. The van der Waals surface area contributed by atoms with Crippen LogP contribution in [0.2, 0.25) is 0 Å². The number of rotatable bonds is 5. The summed E-state index contributed by atoms with van der Waals surface area (Å²) < 4.78 is 0. The van der Waals surface area contributed by atoms with Gasteiger partial charge in [0.05, 0.1) is 6.42 Å². The van der Waals surface area contributed by atoms with Gasteiger partial charge in [0.15, 0.2) is 0 Å². The maximum Gasteiger partial charge on any atom is 0.317 e. The number of nitrogens with one attached hydrogen (secondary N) is 2. The minimum Gasteiger partial charge on any atom is -0.481 e. The van der Waals surface area contributed by atoms with Crippen LogP contribution in [0.15, 0.2) is 0 Å². The van der Waals surface area contributed by atoms with Crippen LogP contribution in [0.5, 0.6) is 0 Å². The summed E-state index contributed by atoms with van der Waals surface area (Å²) in [6.07, 6.45) is 1.52. The van der Waals surface area contributed by atoms with Crippen molar-refractivity contribution < 1.29 is 19.5 Å². The number of hydrogen-bond acceptors (Lipinski definition) is 3. The summed E-state index contributed by atoms with van der Waals surface area (Å²) in [6.45, 7) is 1.22. The first-order valence-corrected chi connectivity index (χ1v) is 6.63. The molecule has 1 aliphatic heterocycles. The highest BCUT2D eigenvalue weighted by molar-refractivity contribution is 5.76. The Balaban J connectivity index is 2.28. The molecule has 8 heteroatoms. The summed E-state index contributed by atoms with van der Waals surface area (Å²) in [5, 5.41) is 14.1. The topological polar surface area (TPSA) is 102 Å². The Bertz CT molecular complexity index is 372. The number of hydrogen-bond donors (Lipinski definition) is 3. The van der Waals surface area contributed by atoms with Gasteiger partial charge in [-0.15, -0.1) is 0 Å². The van der Waals surface area contributed by atoms with Crippen LogP contribution in [-0.4, -0.2) is 72.7 Å². The van der Waals surface area contributed by atoms with Gasteiger partial charge >= 0.3 is 18.0 Å². The first-order valence-electron chi connectivity index (χ1n) is 6.63. The lowest BCUT2D eigenvalue weighted by atomic mass is 10.1. The highest BCUT2D eigenvalue weighted by Crippen LogP contribution is 2.19. The molecule has 1 heterocycles. The number of nitrogens with zero attached hydrogens (tertiary/aromatic N) is 2. The van der Waals surface area contributed by atoms with Gasteiger partial charge in [-0.1, -0.05) is 0 Å². The molecule has 114 valence electrons. The molecule has 3 N–H and O–H groups in total. The molecule has 1 saturated heterocycles. The minimum atomic E-state index is -0.895. The SMILES string of the molecule is CN(C)C(=O)NCCNC(=O)N1CCCC1CC(=O)O. The zero-order valence-corrected chi connectivity index (χ0v) is 11.9. The number of carboxylic acid groups (broad SMARTS) is 1. The van der Waals surface area contributed by atoms with Crippen LogP contribution in [-0.2, 0) is 4.79 Å². The third-order valence-corrected chi connectivity index (χ3v) is 3.13. The van der Waals surface area contributed by atoms with Crippen molar-refractivity contribution >= 4 is 18.0 Å². The highest BCUT2D eigenvalue weighted by atomic mass is 16.4. The third kappa shape index (κ3) is 4.94. The van der Waals surface area contributed by atoms with E-state index in [9.17, 15) is 14.4 Å². The molecule has 1 atom stereocenters. The van der Waals surface area contributed by atoms with E-state index in [0.29, 0.717) is 19.6 Å². The number of aliphatic carboxylic acids is 1. The summed E-state index contributed by atoms with van der Waals surface area (Å²) in [6, 6.07) is -0.721. The number of carbonyl (C=O) groups excluding carboxylic acids is 2. The summed E-state index contributed by atoms with van der Waals surface area (Å²) >= 11 is 0. The fourth-order valence-corrected chi connectivity index (χ4v) is 2.12. The smallest absolute Gasteiger partial charge is 0.317 e. The molecule has 0 aromatic carbocycles. The molecule has 1 fully saturated rings. The molecule has 1 unspecified atom stereocenters. The second kappa shape index (κ2) is 7.56. The molecule has 1 rings (SSSR count). The maximum atomic E-state index is 11.9. The molecular weight excluding hydrogens is 264 g/mol. The van der Waals surface area contributed by atoms with Crippen molar-refractivity contribution in [3.05, 3.63) is 0 Å². The predicted molar refractivity (Wildman–Crippen MR) is 72.5 cm³/mol. The van der Waals surface area contributed by atoms with E-state index >= 15 is 0 Å². The van der Waals surface area contributed by atoms with Crippen LogP contribution in [0.4, 0.5) is 9.59 Å². The third-order valence-electron chi connectivity index (χ3n) is 3.13. The lowest BCUT2D eigenvalue weighted by Gasteiger charge is -2.23. The summed E-state index contributed by atoms with van der Waals surface area (Å²) in [5.74, 6) is -0.895. The number of amides is 4. The van der Waals surface area contributed by atoms with Gasteiger partial charge in [-0.3, -0.25) is 4.79 Å². The van der Waals surface area contributed by atoms with Crippen LogP contribution >= 0.6 is 0 Å². The quantitative estimate of drug-likeness (QED) is 0.614. The molecule has 0 bridgehead atoms. The van der Waals surface area contributed by atoms with Gasteiger partial charge in [-0.05, 0) is 12.8 Å².